The fourth-order valence-electron chi connectivity index (χ4n) is 4.17. The summed E-state index contributed by atoms with van der Waals surface area (Å²) in [4.78, 5) is 4.99. The Balaban J connectivity index is 1.23. The van der Waals surface area contributed by atoms with Crippen LogP contribution in [0.25, 0.3) is 11.1 Å². The normalized spacial score (nSPS) is 14.3. The van der Waals surface area contributed by atoms with Crippen LogP contribution in [-0.2, 0) is 0 Å². The summed E-state index contributed by atoms with van der Waals surface area (Å²) in [5.41, 5.74) is 3.74. The molecular weight excluding hydrogens is 439 g/mol. The van der Waals surface area contributed by atoms with Crippen molar-refractivity contribution in [1.82, 2.24) is 4.90 Å². The summed E-state index contributed by atoms with van der Waals surface area (Å²) >= 11 is 5.71. The van der Waals surface area contributed by atoms with Crippen molar-refractivity contribution in [1.29, 1.82) is 0 Å². The van der Waals surface area contributed by atoms with E-state index in [0.29, 0.717) is 12.4 Å². The highest BCUT2D eigenvalue weighted by Crippen LogP contribution is 2.32. The van der Waals surface area contributed by atoms with Crippen molar-refractivity contribution in [3.63, 3.8) is 0 Å². The first-order valence-corrected chi connectivity index (χ1v) is 11.8. The molecule has 0 saturated carbocycles. The molecule has 0 atom stereocenters. The minimum atomic E-state index is -0.444. The van der Waals surface area contributed by atoms with Crippen LogP contribution in [0.5, 0.6) is 11.5 Å². The van der Waals surface area contributed by atoms with Gasteiger partial charge in [0.15, 0.2) is 0 Å². The molecule has 1 heterocycles. The smallest absolute Gasteiger partial charge is 0.145 e. The monoisotopic (exact) mass is 468 g/mol. The number of nitrogens with zero attached hydrogens (tertiary/aromatic N) is 2. The number of methoxy groups -OCH3 is 1. The molecule has 4 nitrogen and oxygen atoms in total. The number of unbranched alkanes of at least 4 members (excludes halogenated alkanes) is 1. The second kappa shape index (κ2) is 11.4. The van der Waals surface area contributed by atoms with Gasteiger partial charge in [0.2, 0.25) is 0 Å². The number of hydrogen-bond donors (Lipinski definition) is 0. The largest absolute Gasteiger partial charge is 0.497 e. The fourth-order valence-corrected chi connectivity index (χ4v) is 4.29. The first-order valence-electron chi connectivity index (χ1n) is 11.4. The lowest BCUT2D eigenvalue weighted by Crippen LogP contribution is -2.46. The number of ether oxygens (including phenoxy) is 2. The van der Waals surface area contributed by atoms with E-state index in [-0.39, 0.29) is 5.02 Å². The zero-order chi connectivity index (χ0) is 23.0. The van der Waals surface area contributed by atoms with Crippen LogP contribution >= 0.6 is 11.6 Å². The van der Waals surface area contributed by atoms with Crippen molar-refractivity contribution in [2.24, 2.45) is 0 Å². The minimum absolute atomic E-state index is 0.119. The maximum absolute atomic E-state index is 13.5. The Morgan fingerprint density at radius 3 is 2.33 bits per heavy atom. The predicted octanol–water partition coefficient (Wildman–Crippen LogP) is 6.14. The average Bonchev–Trinajstić information content (AvgIpc) is 2.86. The van der Waals surface area contributed by atoms with Gasteiger partial charge in [0, 0.05) is 43.5 Å². The van der Waals surface area contributed by atoms with E-state index in [2.05, 4.69) is 46.2 Å². The van der Waals surface area contributed by atoms with E-state index in [4.69, 9.17) is 21.1 Å². The molecule has 1 fully saturated rings. The Hall–Kier alpha value is -2.76. The maximum Gasteiger partial charge on any atom is 0.145 e. The number of benzene rings is 3. The van der Waals surface area contributed by atoms with Gasteiger partial charge in [0.25, 0.3) is 0 Å². The Morgan fingerprint density at radius 1 is 0.879 bits per heavy atom. The predicted molar refractivity (Wildman–Crippen MR) is 133 cm³/mol. The van der Waals surface area contributed by atoms with Crippen molar-refractivity contribution < 1.29 is 13.9 Å². The van der Waals surface area contributed by atoms with Crippen molar-refractivity contribution in [3.8, 4) is 22.6 Å². The van der Waals surface area contributed by atoms with Gasteiger partial charge in [-0.15, -0.1) is 0 Å². The number of piperazine rings is 1. The third-order valence-corrected chi connectivity index (χ3v) is 6.35. The van der Waals surface area contributed by atoms with Gasteiger partial charge in [-0.3, -0.25) is 4.90 Å². The molecule has 1 aliphatic rings. The zero-order valence-electron chi connectivity index (χ0n) is 19.0. The summed E-state index contributed by atoms with van der Waals surface area (Å²) in [6.45, 7) is 5.73. The molecule has 0 radical (unpaired) electrons. The molecular formula is C27H30ClFN2O2. The van der Waals surface area contributed by atoms with E-state index in [1.54, 1.807) is 13.2 Å². The van der Waals surface area contributed by atoms with Crippen molar-refractivity contribution in [3.05, 3.63) is 77.6 Å². The molecule has 1 saturated heterocycles. The Labute approximate surface area is 200 Å². The van der Waals surface area contributed by atoms with Gasteiger partial charge >= 0.3 is 0 Å². The first kappa shape index (κ1) is 23.4. The van der Waals surface area contributed by atoms with Crippen molar-refractivity contribution in [2.75, 3.05) is 51.3 Å². The van der Waals surface area contributed by atoms with Gasteiger partial charge in [-0.05, 0) is 55.3 Å². The third-order valence-electron chi connectivity index (χ3n) is 6.05. The molecule has 0 bridgehead atoms. The lowest BCUT2D eigenvalue weighted by atomic mass is 10.0. The molecule has 0 amide bonds. The summed E-state index contributed by atoms with van der Waals surface area (Å²) in [5, 5.41) is 0.119. The quantitative estimate of drug-likeness (QED) is 0.352. The molecule has 6 heteroatoms. The van der Waals surface area contributed by atoms with E-state index >= 15 is 0 Å². The molecule has 1 aliphatic heterocycles. The molecule has 3 aromatic carbocycles. The Bertz CT molecular complexity index is 1040. The Morgan fingerprint density at radius 2 is 1.61 bits per heavy atom. The SMILES string of the molecule is COc1ccc(-c2ccccc2N2CCN(CCCCOc3ccc(Cl)c(F)c3)CC2)cc1. The van der Waals surface area contributed by atoms with Crippen LogP contribution in [0.2, 0.25) is 5.02 Å². The van der Waals surface area contributed by atoms with Crippen LogP contribution in [-0.4, -0.2) is 51.3 Å². The highest BCUT2D eigenvalue weighted by Gasteiger charge is 2.19. The van der Waals surface area contributed by atoms with Crippen LogP contribution in [0.1, 0.15) is 12.8 Å². The minimum Gasteiger partial charge on any atom is -0.497 e. The molecule has 4 rings (SSSR count). The summed E-state index contributed by atoms with van der Waals surface area (Å²) in [6, 6.07) is 21.4. The molecule has 0 aromatic heterocycles. The second-order valence-electron chi connectivity index (χ2n) is 8.21. The van der Waals surface area contributed by atoms with Crippen LogP contribution in [0, 0.1) is 5.82 Å². The summed E-state index contributed by atoms with van der Waals surface area (Å²) in [7, 11) is 1.69. The van der Waals surface area contributed by atoms with Crippen LogP contribution in [0.4, 0.5) is 10.1 Å². The molecule has 174 valence electrons. The van der Waals surface area contributed by atoms with E-state index < -0.39 is 5.82 Å². The van der Waals surface area contributed by atoms with Crippen LogP contribution in [0.15, 0.2) is 66.7 Å². The van der Waals surface area contributed by atoms with Crippen LogP contribution in [0.3, 0.4) is 0 Å². The van der Waals surface area contributed by atoms with Gasteiger partial charge in [-0.2, -0.15) is 0 Å². The second-order valence-corrected chi connectivity index (χ2v) is 8.61. The number of halogens is 2. The first-order chi connectivity index (χ1) is 16.1. The zero-order valence-corrected chi connectivity index (χ0v) is 19.7. The lowest BCUT2D eigenvalue weighted by Gasteiger charge is -2.37. The lowest BCUT2D eigenvalue weighted by molar-refractivity contribution is 0.238. The molecule has 0 N–H and O–H groups in total. The number of para-hydroxylation sites is 1. The molecule has 0 aliphatic carbocycles. The van der Waals surface area contributed by atoms with Crippen molar-refractivity contribution in [2.45, 2.75) is 12.8 Å². The standard InChI is InChI=1S/C27H30ClFN2O2/c1-32-22-10-8-21(9-11-22)24-6-2-3-7-27(24)31-17-15-30(16-18-31)14-4-5-19-33-23-12-13-25(28)26(29)20-23/h2-3,6-13,20H,4-5,14-19H2,1H3. The number of rotatable bonds is 9. The van der Waals surface area contributed by atoms with Crippen molar-refractivity contribution >= 4 is 17.3 Å². The van der Waals surface area contributed by atoms with Gasteiger partial charge in [0.1, 0.15) is 17.3 Å². The summed E-state index contributed by atoms with van der Waals surface area (Å²) < 4.78 is 24.4. The van der Waals surface area contributed by atoms with E-state index in [1.165, 1.54) is 28.9 Å². The highest BCUT2D eigenvalue weighted by molar-refractivity contribution is 6.30. The number of anilines is 1. The summed E-state index contributed by atoms with van der Waals surface area (Å²) in [6.07, 6.45) is 1.99. The molecule has 33 heavy (non-hydrogen) atoms. The molecule has 0 unspecified atom stereocenters. The van der Waals surface area contributed by atoms with Gasteiger partial charge < -0.3 is 14.4 Å². The van der Waals surface area contributed by atoms with Gasteiger partial charge in [-0.25, -0.2) is 4.39 Å². The maximum atomic E-state index is 13.5. The number of hydrogen-bond acceptors (Lipinski definition) is 4. The average molecular weight is 469 g/mol. The van der Waals surface area contributed by atoms with E-state index in [1.807, 2.05) is 12.1 Å². The molecule has 0 spiro atoms. The van der Waals surface area contributed by atoms with Gasteiger partial charge in [-0.1, -0.05) is 41.9 Å². The van der Waals surface area contributed by atoms with Gasteiger partial charge in [0.05, 0.1) is 18.7 Å². The topological polar surface area (TPSA) is 24.9 Å². The fraction of sp³-hybridized carbons (Fsp3) is 0.333. The van der Waals surface area contributed by atoms with E-state index in [0.717, 1.165) is 51.3 Å². The highest BCUT2D eigenvalue weighted by atomic mass is 35.5. The third kappa shape index (κ3) is 6.18. The van der Waals surface area contributed by atoms with E-state index in [9.17, 15) is 4.39 Å². The summed E-state index contributed by atoms with van der Waals surface area (Å²) in [5.74, 6) is 0.956. The van der Waals surface area contributed by atoms with Crippen LogP contribution < -0.4 is 14.4 Å². The molecule has 3 aromatic rings. The Kier molecular flexibility index (Phi) is 8.08.